The number of halogens is 1. The molecule has 2 atom stereocenters. The predicted molar refractivity (Wildman–Crippen MR) is 94.9 cm³/mol. The Morgan fingerprint density at radius 3 is 2.52 bits per heavy atom. The van der Waals surface area contributed by atoms with Crippen LogP contribution in [-0.4, -0.2) is 36.1 Å². The summed E-state index contributed by atoms with van der Waals surface area (Å²) in [5.41, 5.74) is 2.62. The lowest BCUT2D eigenvalue weighted by Crippen LogP contribution is -2.28. The highest BCUT2D eigenvalue weighted by Crippen LogP contribution is 2.35. The van der Waals surface area contributed by atoms with Crippen LogP contribution >= 0.6 is 0 Å². The number of aromatic nitrogens is 1. The molecule has 5 rings (SSSR count). The van der Waals surface area contributed by atoms with Gasteiger partial charge in [0.25, 0.3) is 6.01 Å². The lowest BCUT2D eigenvalue weighted by atomic mass is 10.0. The second-order valence-corrected chi connectivity index (χ2v) is 7.21. The topological polar surface area (TPSA) is 32.5 Å². The molecule has 0 saturated carbocycles. The van der Waals surface area contributed by atoms with Crippen LogP contribution in [0.3, 0.4) is 0 Å². The Morgan fingerprint density at radius 2 is 1.76 bits per heavy atom. The second-order valence-electron chi connectivity index (χ2n) is 7.21. The van der Waals surface area contributed by atoms with Crippen molar-refractivity contribution in [3.05, 3.63) is 59.9 Å². The predicted octanol–water partition coefficient (Wildman–Crippen LogP) is 3.54. The minimum atomic E-state index is -0.287. The van der Waals surface area contributed by atoms with Crippen molar-refractivity contribution in [2.75, 3.05) is 31.1 Å². The molecular formula is C20H20FN3O. The third-order valence-corrected chi connectivity index (χ3v) is 5.42. The second kappa shape index (κ2) is 5.85. The fourth-order valence-corrected chi connectivity index (χ4v) is 4.24. The molecule has 0 spiro atoms. The molecule has 0 bridgehead atoms. The van der Waals surface area contributed by atoms with E-state index in [-0.39, 0.29) is 5.82 Å². The quantitative estimate of drug-likeness (QED) is 0.732. The number of benzene rings is 2. The van der Waals surface area contributed by atoms with Crippen LogP contribution in [0.25, 0.3) is 11.1 Å². The average molecular weight is 337 g/mol. The van der Waals surface area contributed by atoms with Crippen LogP contribution in [0.15, 0.2) is 52.9 Å². The highest BCUT2D eigenvalue weighted by molar-refractivity contribution is 5.74. The molecular weight excluding hydrogens is 317 g/mol. The average Bonchev–Trinajstić information content (AvgIpc) is 3.27. The summed E-state index contributed by atoms with van der Waals surface area (Å²) in [7, 11) is 0. The van der Waals surface area contributed by atoms with Crippen molar-refractivity contribution < 1.29 is 8.81 Å². The lowest BCUT2D eigenvalue weighted by molar-refractivity contribution is 0.308. The smallest absolute Gasteiger partial charge is 0.298 e. The number of hydrogen-bond acceptors (Lipinski definition) is 4. The van der Waals surface area contributed by atoms with Crippen LogP contribution in [0.4, 0.5) is 10.4 Å². The monoisotopic (exact) mass is 337 g/mol. The first-order valence-electron chi connectivity index (χ1n) is 8.82. The summed E-state index contributed by atoms with van der Waals surface area (Å²) in [5, 5.41) is 0. The molecule has 0 aliphatic carbocycles. The fraction of sp³-hybridized carbons (Fsp3) is 0.350. The van der Waals surface area contributed by atoms with Crippen LogP contribution in [0.2, 0.25) is 0 Å². The fourth-order valence-electron chi connectivity index (χ4n) is 4.24. The van der Waals surface area contributed by atoms with Crippen molar-refractivity contribution in [3.8, 4) is 0 Å². The van der Waals surface area contributed by atoms with E-state index in [0.717, 1.165) is 38.2 Å². The molecule has 3 aromatic rings. The third kappa shape index (κ3) is 2.78. The number of anilines is 1. The van der Waals surface area contributed by atoms with Gasteiger partial charge >= 0.3 is 0 Å². The number of likely N-dealkylation sites (tertiary alicyclic amines) is 1. The van der Waals surface area contributed by atoms with Gasteiger partial charge in [-0.3, -0.25) is 4.90 Å². The summed E-state index contributed by atoms with van der Waals surface area (Å²) in [6, 6.07) is 15.8. The SMILES string of the molecule is Fc1ccc2nc(N3CC4CN(Cc5ccccc5)CC4C3)oc2c1. The number of rotatable bonds is 3. The molecule has 2 aliphatic rings. The van der Waals surface area contributed by atoms with E-state index in [1.165, 1.54) is 17.7 Å². The molecule has 0 amide bonds. The summed E-state index contributed by atoms with van der Waals surface area (Å²) in [6.07, 6.45) is 0. The summed E-state index contributed by atoms with van der Waals surface area (Å²) in [5.74, 6) is 1.01. The molecule has 2 unspecified atom stereocenters. The van der Waals surface area contributed by atoms with Gasteiger partial charge in [0.15, 0.2) is 5.58 Å². The first kappa shape index (κ1) is 14.9. The van der Waals surface area contributed by atoms with E-state index in [2.05, 4.69) is 45.1 Å². The zero-order chi connectivity index (χ0) is 16.8. The Hall–Kier alpha value is -2.40. The highest BCUT2D eigenvalue weighted by atomic mass is 19.1. The van der Waals surface area contributed by atoms with E-state index in [0.29, 0.717) is 23.4 Å². The Balaban J connectivity index is 1.27. The van der Waals surface area contributed by atoms with Crippen LogP contribution in [0.5, 0.6) is 0 Å². The third-order valence-electron chi connectivity index (χ3n) is 5.42. The molecule has 0 radical (unpaired) electrons. The summed E-state index contributed by atoms with van der Waals surface area (Å²) in [4.78, 5) is 9.29. The maximum atomic E-state index is 13.3. The van der Waals surface area contributed by atoms with Gasteiger partial charge in [0.1, 0.15) is 11.3 Å². The zero-order valence-electron chi connectivity index (χ0n) is 13.9. The van der Waals surface area contributed by atoms with E-state index in [4.69, 9.17) is 4.42 Å². The van der Waals surface area contributed by atoms with Gasteiger partial charge in [-0.15, -0.1) is 0 Å². The maximum absolute atomic E-state index is 13.3. The Labute approximate surface area is 145 Å². The molecule has 2 fully saturated rings. The van der Waals surface area contributed by atoms with Crippen LogP contribution in [-0.2, 0) is 6.54 Å². The van der Waals surface area contributed by atoms with E-state index in [1.807, 2.05) is 0 Å². The van der Waals surface area contributed by atoms with Gasteiger partial charge in [0, 0.05) is 38.8 Å². The van der Waals surface area contributed by atoms with E-state index in [9.17, 15) is 4.39 Å². The zero-order valence-corrected chi connectivity index (χ0v) is 13.9. The van der Waals surface area contributed by atoms with Crippen molar-refractivity contribution in [1.29, 1.82) is 0 Å². The molecule has 2 saturated heterocycles. The van der Waals surface area contributed by atoms with Crippen molar-refractivity contribution in [1.82, 2.24) is 9.88 Å². The van der Waals surface area contributed by atoms with E-state index >= 15 is 0 Å². The maximum Gasteiger partial charge on any atom is 0.298 e. The van der Waals surface area contributed by atoms with Crippen molar-refractivity contribution in [2.45, 2.75) is 6.54 Å². The summed E-state index contributed by atoms with van der Waals surface area (Å²) >= 11 is 0. The van der Waals surface area contributed by atoms with Crippen LogP contribution < -0.4 is 4.90 Å². The van der Waals surface area contributed by atoms with Gasteiger partial charge in [0.2, 0.25) is 0 Å². The largest absolute Gasteiger partial charge is 0.423 e. The minimum absolute atomic E-state index is 0.287. The molecule has 3 heterocycles. The number of hydrogen-bond donors (Lipinski definition) is 0. The van der Waals surface area contributed by atoms with Gasteiger partial charge in [-0.2, -0.15) is 4.98 Å². The molecule has 0 N–H and O–H groups in total. The molecule has 2 aromatic carbocycles. The van der Waals surface area contributed by atoms with Gasteiger partial charge in [-0.1, -0.05) is 30.3 Å². The molecule has 5 heteroatoms. The van der Waals surface area contributed by atoms with Crippen LogP contribution in [0.1, 0.15) is 5.56 Å². The lowest BCUT2D eigenvalue weighted by Gasteiger charge is -2.20. The number of nitrogens with zero attached hydrogens (tertiary/aromatic N) is 3. The van der Waals surface area contributed by atoms with Crippen molar-refractivity contribution >= 4 is 17.1 Å². The van der Waals surface area contributed by atoms with E-state index in [1.54, 1.807) is 6.07 Å². The normalized spacial score (nSPS) is 23.5. The van der Waals surface area contributed by atoms with Crippen LogP contribution in [0, 0.1) is 17.7 Å². The Kier molecular flexibility index (Phi) is 3.48. The molecule has 128 valence electrons. The van der Waals surface area contributed by atoms with Crippen molar-refractivity contribution in [2.24, 2.45) is 11.8 Å². The Morgan fingerprint density at radius 1 is 1.00 bits per heavy atom. The van der Waals surface area contributed by atoms with E-state index < -0.39 is 0 Å². The summed E-state index contributed by atoms with van der Waals surface area (Å²) < 4.78 is 19.1. The van der Waals surface area contributed by atoms with Gasteiger partial charge in [-0.25, -0.2) is 4.39 Å². The Bertz CT molecular complexity index is 880. The molecule has 25 heavy (non-hydrogen) atoms. The first-order valence-corrected chi connectivity index (χ1v) is 8.82. The first-order chi connectivity index (χ1) is 12.2. The molecule has 2 aliphatic heterocycles. The standard InChI is InChI=1S/C20H20FN3O/c21-17-6-7-18-19(8-17)25-20(22-18)24-12-15-10-23(11-16(15)13-24)9-14-4-2-1-3-5-14/h1-8,15-16H,9-13H2. The van der Waals surface area contributed by atoms with Gasteiger partial charge < -0.3 is 9.32 Å². The number of fused-ring (bicyclic) bond motifs is 2. The number of oxazole rings is 1. The van der Waals surface area contributed by atoms with Gasteiger partial charge in [0.05, 0.1) is 0 Å². The molecule has 4 nitrogen and oxygen atoms in total. The van der Waals surface area contributed by atoms with Gasteiger partial charge in [-0.05, 0) is 29.5 Å². The molecule has 1 aromatic heterocycles. The summed E-state index contributed by atoms with van der Waals surface area (Å²) in [6.45, 7) is 5.18. The minimum Gasteiger partial charge on any atom is -0.423 e. The highest BCUT2D eigenvalue weighted by Gasteiger charge is 2.41. The van der Waals surface area contributed by atoms with Crippen molar-refractivity contribution in [3.63, 3.8) is 0 Å².